The van der Waals surface area contributed by atoms with Crippen molar-refractivity contribution in [2.75, 3.05) is 32.7 Å². The van der Waals surface area contributed by atoms with E-state index in [1.807, 2.05) is 13.8 Å². The molecule has 1 atom stereocenters. The number of hydrogen-bond donors (Lipinski definition) is 2. The second-order valence-corrected chi connectivity index (χ2v) is 8.19. The highest BCUT2D eigenvalue weighted by atomic mass is 32.2. The Morgan fingerprint density at radius 2 is 1.72 bits per heavy atom. The van der Waals surface area contributed by atoms with E-state index in [-0.39, 0.29) is 23.9 Å². The lowest BCUT2D eigenvalue weighted by atomic mass is 10.0. The van der Waals surface area contributed by atoms with Crippen molar-refractivity contribution >= 4 is 10.0 Å². The number of piperazine rings is 1. The average molecular weight is 379 g/mol. The molecule has 1 aliphatic heterocycles. The molecule has 1 fully saturated rings. The number of alkyl halides is 3. The minimum absolute atomic E-state index is 0.0295. The molecule has 0 saturated carbocycles. The van der Waals surface area contributed by atoms with E-state index in [4.69, 9.17) is 0 Å². The predicted molar refractivity (Wildman–Crippen MR) is 90.0 cm³/mol. The summed E-state index contributed by atoms with van der Waals surface area (Å²) in [5.41, 5.74) is 0.966. The van der Waals surface area contributed by atoms with Crippen LogP contribution in [0.2, 0.25) is 0 Å². The third kappa shape index (κ3) is 5.40. The second-order valence-electron chi connectivity index (χ2n) is 6.42. The van der Waals surface area contributed by atoms with Crippen molar-refractivity contribution in [2.45, 2.75) is 36.9 Å². The van der Waals surface area contributed by atoms with Gasteiger partial charge in [0, 0.05) is 32.7 Å². The Balaban J connectivity index is 2.09. The van der Waals surface area contributed by atoms with E-state index >= 15 is 0 Å². The molecule has 1 aromatic carbocycles. The minimum atomic E-state index is -4.50. The molecular formula is C16H24F3N3O2S. The Labute approximate surface area is 146 Å². The van der Waals surface area contributed by atoms with E-state index in [1.165, 1.54) is 17.0 Å². The van der Waals surface area contributed by atoms with Crippen LogP contribution in [0.25, 0.3) is 0 Å². The van der Waals surface area contributed by atoms with Crippen molar-refractivity contribution < 1.29 is 21.6 Å². The molecule has 0 amide bonds. The fourth-order valence-corrected chi connectivity index (χ4v) is 3.79. The van der Waals surface area contributed by atoms with Crippen LogP contribution in [0.1, 0.15) is 25.3 Å². The Kier molecular flexibility index (Phi) is 6.47. The summed E-state index contributed by atoms with van der Waals surface area (Å²) < 4.78 is 66.7. The third-order valence-electron chi connectivity index (χ3n) is 4.29. The number of nitrogens with one attached hydrogen (secondary N) is 2. The molecule has 5 nitrogen and oxygen atoms in total. The number of benzene rings is 1. The van der Waals surface area contributed by atoms with E-state index < -0.39 is 28.8 Å². The quantitative estimate of drug-likeness (QED) is 0.793. The molecule has 1 heterocycles. The highest BCUT2D eigenvalue weighted by molar-refractivity contribution is 7.89. The van der Waals surface area contributed by atoms with Crippen molar-refractivity contribution in [2.24, 2.45) is 0 Å². The molecule has 0 aliphatic carbocycles. The van der Waals surface area contributed by atoms with E-state index in [0.29, 0.717) is 13.1 Å². The number of halogens is 3. The van der Waals surface area contributed by atoms with Gasteiger partial charge in [0.2, 0.25) is 10.0 Å². The van der Waals surface area contributed by atoms with Gasteiger partial charge in [-0.15, -0.1) is 0 Å². The molecule has 25 heavy (non-hydrogen) atoms. The van der Waals surface area contributed by atoms with Crippen molar-refractivity contribution in [3.63, 3.8) is 0 Å². The summed E-state index contributed by atoms with van der Waals surface area (Å²) in [5, 5.41) is 2.99. The predicted octanol–water partition coefficient (Wildman–Crippen LogP) is 1.92. The summed E-state index contributed by atoms with van der Waals surface area (Å²) in [6.07, 6.45) is -4.50. The van der Waals surface area contributed by atoms with Gasteiger partial charge in [0.05, 0.1) is 4.90 Å². The molecule has 1 unspecified atom stereocenters. The monoisotopic (exact) mass is 379 g/mol. The van der Waals surface area contributed by atoms with Crippen LogP contribution >= 0.6 is 0 Å². The van der Waals surface area contributed by atoms with E-state index in [9.17, 15) is 21.6 Å². The van der Waals surface area contributed by atoms with Crippen LogP contribution in [0.4, 0.5) is 13.2 Å². The molecule has 0 aromatic heterocycles. The number of hydrogen-bond acceptors (Lipinski definition) is 4. The normalized spacial score (nSPS) is 18.5. The molecule has 2 rings (SSSR count). The fourth-order valence-electron chi connectivity index (χ4n) is 2.75. The van der Waals surface area contributed by atoms with Gasteiger partial charge >= 0.3 is 6.18 Å². The van der Waals surface area contributed by atoms with Crippen molar-refractivity contribution in [3.05, 3.63) is 29.8 Å². The topological polar surface area (TPSA) is 61.4 Å². The van der Waals surface area contributed by atoms with Crippen LogP contribution in [-0.2, 0) is 10.0 Å². The van der Waals surface area contributed by atoms with Gasteiger partial charge in [-0.1, -0.05) is 26.0 Å². The first-order valence-electron chi connectivity index (χ1n) is 8.22. The maximum absolute atomic E-state index is 13.3. The highest BCUT2D eigenvalue weighted by Gasteiger charge is 2.44. The van der Waals surface area contributed by atoms with Gasteiger partial charge in [0.1, 0.15) is 6.04 Å². The van der Waals surface area contributed by atoms with Gasteiger partial charge in [-0.25, -0.2) is 13.1 Å². The molecule has 0 bridgehead atoms. The summed E-state index contributed by atoms with van der Waals surface area (Å²) in [7, 11) is -3.99. The van der Waals surface area contributed by atoms with Gasteiger partial charge in [0.15, 0.2) is 0 Å². The number of rotatable bonds is 6. The Morgan fingerprint density at radius 3 is 2.20 bits per heavy atom. The lowest BCUT2D eigenvalue weighted by Gasteiger charge is -2.35. The molecule has 0 spiro atoms. The third-order valence-corrected chi connectivity index (χ3v) is 5.73. The fraction of sp³-hybridized carbons (Fsp3) is 0.625. The number of nitrogens with zero attached hydrogens (tertiary/aromatic N) is 1. The largest absolute Gasteiger partial charge is 0.405 e. The highest BCUT2D eigenvalue weighted by Crippen LogP contribution is 2.25. The molecule has 2 N–H and O–H groups in total. The van der Waals surface area contributed by atoms with Crippen molar-refractivity contribution in [3.8, 4) is 0 Å². The first-order chi connectivity index (χ1) is 11.6. The van der Waals surface area contributed by atoms with Gasteiger partial charge in [-0.05, 0) is 23.6 Å². The molecular weight excluding hydrogens is 355 g/mol. The smallest absolute Gasteiger partial charge is 0.314 e. The molecule has 9 heteroatoms. The van der Waals surface area contributed by atoms with Crippen LogP contribution in [0.5, 0.6) is 0 Å². The minimum Gasteiger partial charge on any atom is -0.314 e. The SMILES string of the molecule is CC(C)c1ccc(S(=O)(=O)NCC(N2CCNCC2)C(F)(F)F)cc1. The Bertz CT molecular complexity index is 654. The van der Waals surface area contributed by atoms with Crippen LogP contribution in [0.3, 0.4) is 0 Å². The summed E-state index contributed by atoms with van der Waals surface area (Å²) >= 11 is 0. The zero-order valence-electron chi connectivity index (χ0n) is 14.3. The van der Waals surface area contributed by atoms with Gasteiger partial charge in [-0.2, -0.15) is 13.2 Å². The average Bonchev–Trinajstić information content (AvgIpc) is 2.54. The zero-order chi connectivity index (χ0) is 18.7. The van der Waals surface area contributed by atoms with Crippen LogP contribution in [0.15, 0.2) is 29.2 Å². The lowest BCUT2D eigenvalue weighted by Crippen LogP contribution is -2.57. The maximum Gasteiger partial charge on any atom is 0.405 e. The Morgan fingerprint density at radius 1 is 1.16 bits per heavy atom. The second kappa shape index (κ2) is 8.03. The van der Waals surface area contributed by atoms with E-state index in [2.05, 4.69) is 10.0 Å². The van der Waals surface area contributed by atoms with Crippen LogP contribution in [0, 0.1) is 0 Å². The van der Waals surface area contributed by atoms with Gasteiger partial charge in [0.25, 0.3) is 0 Å². The molecule has 142 valence electrons. The summed E-state index contributed by atoms with van der Waals surface area (Å²) in [6.45, 7) is 4.63. The Hall–Kier alpha value is -1.16. The first kappa shape index (κ1) is 20.2. The summed E-state index contributed by atoms with van der Waals surface area (Å²) in [5.74, 6) is 0.243. The lowest BCUT2D eigenvalue weighted by molar-refractivity contribution is -0.182. The summed E-state index contributed by atoms with van der Waals surface area (Å²) in [4.78, 5) is 1.24. The molecule has 1 saturated heterocycles. The summed E-state index contributed by atoms with van der Waals surface area (Å²) in [6, 6.07) is 4.36. The van der Waals surface area contributed by atoms with Crippen molar-refractivity contribution in [1.29, 1.82) is 0 Å². The number of sulfonamides is 1. The molecule has 0 radical (unpaired) electrons. The van der Waals surface area contributed by atoms with Crippen molar-refractivity contribution in [1.82, 2.24) is 14.9 Å². The maximum atomic E-state index is 13.3. The van der Waals surface area contributed by atoms with E-state index in [0.717, 1.165) is 5.56 Å². The van der Waals surface area contributed by atoms with Gasteiger partial charge < -0.3 is 5.32 Å². The van der Waals surface area contributed by atoms with E-state index in [1.54, 1.807) is 12.1 Å². The zero-order valence-corrected chi connectivity index (χ0v) is 15.1. The van der Waals surface area contributed by atoms with Gasteiger partial charge in [-0.3, -0.25) is 4.90 Å². The molecule has 1 aliphatic rings. The standard InChI is InChI=1S/C16H24F3N3O2S/c1-12(2)13-3-5-14(6-4-13)25(23,24)21-11-15(16(17,18)19)22-9-7-20-8-10-22/h3-6,12,15,20-21H,7-11H2,1-2H3. The van der Waals surface area contributed by atoms with Crippen LogP contribution < -0.4 is 10.0 Å². The first-order valence-corrected chi connectivity index (χ1v) is 9.70. The molecule has 1 aromatic rings. The van der Waals surface area contributed by atoms with Crippen LogP contribution in [-0.4, -0.2) is 58.3 Å².